The minimum Gasteiger partial charge on any atom is -0.467 e. The van der Waals surface area contributed by atoms with Gasteiger partial charge in [-0.25, -0.2) is 9.97 Å². The fraction of sp³-hybridized carbons (Fsp3) is 0.143. The van der Waals surface area contributed by atoms with Crippen LogP contribution in [0, 0.1) is 0 Å². The van der Waals surface area contributed by atoms with Gasteiger partial charge in [0.2, 0.25) is 5.28 Å². The quantitative estimate of drug-likeness (QED) is 0.732. The molecule has 0 atom stereocenters. The van der Waals surface area contributed by atoms with Crippen LogP contribution in [-0.4, -0.2) is 31.8 Å². The molecule has 0 saturated heterocycles. The van der Waals surface area contributed by atoms with Crippen LogP contribution in [0.25, 0.3) is 5.69 Å². The summed E-state index contributed by atoms with van der Waals surface area (Å²) >= 11 is 5.75. The van der Waals surface area contributed by atoms with Crippen LogP contribution in [-0.2, 0) is 0 Å². The lowest BCUT2D eigenvalue weighted by atomic mass is 10.5. The second-order valence-corrected chi connectivity index (χ2v) is 2.74. The van der Waals surface area contributed by atoms with E-state index in [0.717, 1.165) is 0 Å². The van der Waals surface area contributed by atoms with Gasteiger partial charge >= 0.3 is 6.01 Å². The highest BCUT2D eigenvalue weighted by molar-refractivity contribution is 6.28. The minimum atomic E-state index is 0.263. The van der Waals surface area contributed by atoms with Crippen molar-refractivity contribution in [2.24, 2.45) is 0 Å². The van der Waals surface area contributed by atoms with E-state index in [9.17, 15) is 0 Å². The molecule has 2 rings (SSSR count). The molecular formula is C7H6ClN5O. The molecule has 0 aliphatic heterocycles. The highest BCUT2D eigenvalue weighted by Gasteiger charge is 2.04. The second-order valence-electron chi connectivity index (χ2n) is 2.40. The maximum Gasteiger partial charge on any atom is 0.316 e. The number of rotatable bonds is 2. The van der Waals surface area contributed by atoms with Crippen LogP contribution < -0.4 is 4.74 Å². The summed E-state index contributed by atoms with van der Waals surface area (Å²) in [6, 6.07) is 0.304. The van der Waals surface area contributed by atoms with Gasteiger partial charge in [-0.15, -0.1) is 10.2 Å². The zero-order valence-electron chi connectivity index (χ0n) is 7.25. The van der Waals surface area contributed by atoms with Crippen LogP contribution in [0.4, 0.5) is 0 Å². The van der Waals surface area contributed by atoms with Gasteiger partial charge in [0.05, 0.1) is 25.2 Å². The Kier molecular flexibility index (Phi) is 2.28. The van der Waals surface area contributed by atoms with Crippen LogP contribution in [0.5, 0.6) is 6.01 Å². The molecule has 0 spiro atoms. The van der Waals surface area contributed by atoms with Crippen molar-refractivity contribution < 1.29 is 4.74 Å². The molecule has 0 aromatic carbocycles. The lowest BCUT2D eigenvalue weighted by molar-refractivity contribution is 0.379. The summed E-state index contributed by atoms with van der Waals surface area (Å²) in [4.78, 5) is 7.85. The van der Waals surface area contributed by atoms with E-state index in [0.29, 0.717) is 11.7 Å². The van der Waals surface area contributed by atoms with E-state index in [1.54, 1.807) is 17.0 Å². The van der Waals surface area contributed by atoms with Crippen LogP contribution in [0.3, 0.4) is 0 Å². The third kappa shape index (κ3) is 1.51. The molecule has 2 aromatic heterocycles. The molecule has 7 heteroatoms. The standard InChI is InChI=1S/C7H6ClN5O/c1-14-7-9-2-5(3-10-7)13-4-11-12-6(13)8/h2-4H,1H3. The van der Waals surface area contributed by atoms with Gasteiger partial charge in [0.15, 0.2) is 0 Å². The van der Waals surface area contributed by atoms with Gasteiger partial charge < -0.3 is 4.74 Å². The van der Waals surface area contributed by atoms with E-state index in [-0.39, 0.29) is 5.28 Å². The first-order valence-electron chi connectivity index (χ1n) is 3.73. The largest absolute Gasteiger partial charge is 0.467 e. The molecule has 2 aromatic rings. The smallest absolute Gasteiger partial charge is 0.316 e. The predicted molar refractivity (Wildman–Crippen MR) is 48.5 cm³/mol. The highest BCUT2D eigenvalue weighted by atomic mass is 35.5. The molecular weight excluding hydrogens is 206 g/mol. The topological polar surface area (TPSA) is 65.7 Å². The van der Waals surface area contributed by atoms with Gasteiger partial charge in [0.25, 0.3) is 0 Å². The van der Waals surface area contributed by atoms with Crippen molar-refractivity contribution in [3.63, 3.8) is 0 Å². The monoisotopic (exact) mass is 211 g/mol. The van der Waals surface area contributed by atoms with Crippen LogP contribution in [0.1, 0.15) is 0 Å². The first kappa shape index (κ1) is 8.89. The molecule has 0 saturated carbocycles. The molecule has 0 aliphatic rings. The van der Waals surface area contributed by atoms with Crippen molar-refractivity contribution >= 4 is 11.6 Å². The number of methoxy groups -OCH3 is 1. The Bertz CT molecular complexity index is 426. The van der Waals surface area contributed by atoms with Crippen LogP contribution in [0.15, 0.2) is 18.7 Å². The first-order chi connectivity index (χ1) is 6.81. The van der Waals surface area contributed by atoms with Gasteiger partial charge in [-0.2, -0.15) is 0 Å². The molecule has 2 heterocycles. The van der Waals surface area contributed by atoms with Crippen LogP contribution in [0.2, 0.25) is 5.28 Å². The number of hydrogen-bond acceptors (Lipinski definition) is 5. The third-order valence-corrected chi connectivity index (χ3v) is 1.84. The number of aromatic nitrogens is 5. The van der Waals surface area contributed by atoms with E-state index < -0.39 is 0 Å². The number of halogens is 1. The van der Waals surface area contributed by atoms with Gasteiger partial charge in [-0.1, -0.05) is 0 Å². The second kappa shape index (κ2) is 3.59. The van der Waals surface area contributed by atoms with Gasteiger partial charge in [0.1, 0.15) is 6.33 Å². The Hall–Kier alpha value is -1.69. The van der Waals surface area contributed by atoms with Crippen molar-refractivity contribution in [2.75, 3.05) is 7.11 Å². The molecule has 0 N–H and O–H groups in total. The normalized spacial score (nSPS) is 10.1. The Balaban J connectivity index is 2.39. The summed E-state index contributed by atoms with van der Waals surface area (Å²) in [5.41, 5.74) is 0.681. The maximum atomic E-state index is 5.75. The van der Waals surface area contributed by atoms with Crippen molar-refractivity contribution in [3.8, 4) is 11.7 Å². The van der Waals surface area contributed by atoms with Crippen molar-refractivity contribution in [2.45, 2.75) is 0 Å². The average Bonchev–Trinajstić information content (AvgIpc) is 2.65. The molecule has 14 heavy (non-hydrogen) atoms. The van der Waals surface area contributed by atoms with Crippen LogP contribution >= 0.6 is 11.6 Å². The SMILES string of the molecule is COc1ncc(-n2cnnc2Cl)cn1. The summed E-state index contributed by atoms with van der Waals surface area (Å²) in [6.07, 6.45) is 4.62. The van der Waals surface area contributed by atoms with E-state index in [1.165, 1.54) is 13.4 Å². The maximum absolute atomic E-state index is 5.75. The number of ether oxygens (including phenoxy) is 1. The Morgan fingerprint density at radius 3 is 2.57 bits per heavy atom. The molecule has 0 fully saturated rings. The van der Waals surface area contributed by atoms with E-state index in [1.807, 2.05) is 0 Å². The molecule has 0 amide bonds. The summed E-state index contributed by atoms with van der Waals surface area (Å²) in [5, 5.41) is 7.52. The molecule has 72 valence electrons. The van der Waals surface area contributed by atoms with Gasteiger partial charge in [0, 0.05) is 0 Å². The third-order valence-electron chi connectivity index (χ3n) is 1.58. The molecule has 0 radical (unpaired) electrons. The van der Waals surface area contributed by atoms with E-state index >= 15 is 0 Å². The van der Waals surface area contributed by atoms with Gasteiger partial charge in [-0.3, -0.25) is 4.57 Å². The zero-order chi connectivity index (χ0) is 9.97. The highest BCUT2D eigenvalue weighted by Crippen LogP contribution is 2.12. The average molecular weight is 212 g/mol. The van der Waals surface area contributed by atoms with Crippen molar-refractivity contribution in [3.05, 3.63) is 24.0 Å². The Labute approximate surface area is 84.5 Å². The summed E-state index contributed by atoms with van der Waals surface area (Å²) < 4.78 is 6.38. The fourth-order valence-electron chi connectivity index (χ4n) is 0.933. The lowest BCUT2D eigenvalue weighted by Crippen LogP contribution is -1.97. The number of nitrogens with zero attached hydrogens (tertiary/aromatic N) is 5. The Morgan fingerprint density at radius 1 is 1.36 bits per heavy atom. The first-order valence-corrected chi connectivity index (χ1v) is 4.11. The molecule has 6 nitrogen and oxygen atoms in total. The van der Waals surface area contributed by atoms with Crippen molar-refractivity contribution in [1.29, 1.82) is 0 Å². The minimum absolute atomic E-state index is 0.263. The molecule has 0 unspecified atom stereocenters. The summed E-state index contributed by atoms with van der Waals surface area (Å²) in [5.74, 6) is 0. The predicted octanol–water partition coefficient (Wildman–Crippen LogP) is 0.719. The zero-order valence-corrected chi connectivity index (χ0v) is 8.01. The Morgan fingerprint density at radius 2 is 2.07 bits per heavy atom. The summed E-state index contributed by atoms with van der Waals surface area (Å²) in [7, 11) is 1.50. The van der Waals surface area contributed by atoms with E-state index in [2.05, 4.69) is 20.2 Å². The number of hydrogen-bond donors (Lipinski definition) is 0. The molecule has 0 aliphatic carbocycles. The van der Waals surface area contributed by atoms with Gasteiger partial charge in [-0.05, 0) is 11.6 Å². The molecule has 0 bridgehead atoms. The lowest BCUT2D eigenvalue weighted by Gasteiger charge is -2.01. The van der Waals surface area contributed by atoms with E-state index in [4.69, 9.17) is 16.3 Å². The van der Waals surface area contributed by atoms with Crippen molar-refractivity contribution in [1.82, 2.24) is 24.7 Å². The fourth-order valence-corrected chi connectivity index (χ4v) is 1.12. The summed E-state index contributed by atoms with van der Waals surface area (Å²) in [6.45, 7) is 0.